The normalized spacial score (nSPS) is 17.8. The molecule has 2 unspecified atom stereocenters. The number of hydrogen-bond acceptors (Lipinski definition) is 7. The first-order chi connectivity index (χ1) is 15.6. The van der Waals surface area contributed by atoms with Crippen molar-refractivity contribution >= 4 is 28.3 Å². The highest BCUT2D eigenvalue weighted by atomic mass is 32.1. The Balaban J connectivity index is 1.48. The first kappa shape index (κ1) is 22.9. The van der Waals surface area contributed by atoms with Crippen LogP contribution in [0.15, 0.2) is 46.2 Å². The summed E-state index contributed by atoms with van der Waals surface area (Å²) in [4.78, 5) is 18.9. The molecule has 1 fully saturated rings. The van der Waals surface area contributed by atoms with E-state index in [1.54, 1.807) is 11.3 Å². The van der Waals surface area contributed by atoms with Gasteiger partial charge in [0.05, 0.1) is 12.1 Å². The van der Waals surface area contributed by atoms with Crippen LogP contribution in [0.3, 0.4) is 0 Å². The van der Waals surface area contributed by atoms with Gasteiger partial charge in [-0.3, -0.25) is 4.79 Å². The van der Waals surface area contributed by atoms with Crippen LogP contribution in [0, 0.1) is 0 Å². The average molecular weight is 458 g/mol. The lowest BCUT2D eigenvalue weighted by atomic mass is 10.0. The minimum atomic E-state index is -1.02. The van der Waals surface area contributed by atoms with E-state index in [1.807, 2.05) is 48.7 Å². The van der Waals surface area contributed by atoms with Crippen LogP contribution in [-0.2, 0) is 16.0 Å². The van der Waals surface area contributed by atoms with E-state index in [1.165, 1.54) is 0 Å². The summed E-state index contributed by atoms with van der Waals surface area (Å²) in [5.74, 6) is 0.121. The predicted molar refractivity (Wildman–Crippen MR) is 125 cm³/mol. The molecule has 0 spiro atoms. The van der Waals surface area contributed by atoms with Gasteiger partial charge in [-0.1, -0.05) is 31.5 Å². The summed E-state index contributed by atoms with van der Waals surface area (Å²) in [6.45, 7) is 3.45. The number of rotatable bonds is 10. The van der Waals surface area contributed by atoms with Gasteiger partial charge in [0.2, 0.25) is 11.8 Å². The fraction of sp³-hybridized carbons (Fsp3) is 0.500. The van der Waals surface area contributed by atoms with Crippen LogP contribution >= 0.6 is 11.3 Å². The molecule has 8 heteroatoms. The Bertz CT molecular complexity index is 951. The van der Waals surface area contributed by atoms with E-state index in [4.69, 9.17) is 9.15 Å². The second-order valence-electron chi connectivity index (χ2n) is 8.26. The number of carbonyl (C=O) groups is 1. The number of thiophene rings is 1. The Morgan fingerprint density at radius 2 is 2.06 bits per heavy atom. The molecule has 3 atom stereocenters. The summed E-state index contributed by atoms with van der Waals surface area (Å²) < 4.78 is 11.2. The Hall–Kier alpha value is -2.26. The molecule has 1 aliphatic rings. The zero-order valence-corrected chi connectivity index (χ0v) is 19.1. The Kier molecular flexibility index (Phi) is 7.91. The fourth-order valence-corrected chi connectivity index (χ4v) is 4.85. The van der Waals surface area contributed by atoms with Gasteiger partial charge in [-0.05, 0) is 42.8 Å². The first-order valence-corrected chi connectivity index (χ1v) is 12.2. The quantitative estimate of drug-likeness (QED) is 0.431. The van der Waals surface area contributed by atoms with E-state index in [2.05, 4.69) is 15.6 Å². The van der Waals surface area contributed by atoms with Gasteiger partial charge in [0.1, 0.15) is 5.52 Å². The smallest absolute Gasteiger partial charge is 0.237 e. The molecule has 0 saturated carbocycles. The first-order valence-electron chi connectivity index (χ1n) is 11.3. The lowest BCUT2D eigenvalue weighted by Crippen LogP contribution is -2.53. The monoisotopic (exact) mass is 457 g/mol. The molecule has 1 aromatic carbocycles. The van der Waals surface area contributed by atoms with E-state index in [0.717, 1.165) is 24.1 Å². The maximum Gasteiger partial charge on any atom is 0.237 e. The molecule has 0 radical (unpaired) electrons. The van der Waals surface area contributed by atoms with Crippen LogP contribution < -0.4 is 10.6 Å². The predicted octanol–water partition coefficient (Wildman–Crippen LogP) is 3.59. The molecule has 7 nitrogen and oxygen atoms in total. The summed E-state index contributed by atoms with van der Waals surface area (Å²) in [7, 11) is 0. The van der Waals surface area contributed by atoms with Crippen molar-refractivity contribution in [2.45, 2.75) is 63.3 Å². The molecule has 0 bridgehead atoms. The molecule has 172 valence electrons. The average Bonchev–Trinajstić information content (AvgIpc) is 3.48. The molecule has 3 N–H and O–H groups in total. The number of amides is 1. The molecule has 32 heavy (non-hydrogen) atoms. The van der Waals surface area contributed by atoms with Crippen LogP contribution in [0.1, 0.15) is 49.5 Å². The van der Waals surface area contributed by atoms with Crippen molar-refractivity contribution in [3.8, 4) is 0 Å². The van der Waals surface area contributed by atoms with Gasteiger partial charge in [0.25, 0.3) is 0 Å². The summed E-state index contributed by atoms with van der Waals surface area (Å²) in [6.07, 6.45) is 2.80. The van der Waals surface area contributed by atoms with Crippen molar-refractivity contribution in [2.75, 3.05) is 13.2 Å². The molecule has 3 aromatic rings. The van der Waals surface area contributed by atoms with Crippen molar-refractivity contribution in [3.63, 3.8) is 0 Å². The molecule has 2 aromatic heterocycles. The number of nitrogens with zero attached hydrogens (tertiary/aromatic N) is 1. The van der Waals surface area contributed by atoms with E-state index in [-0.39, 0.29) is 23.9 Å². The van der Waals surface area contributed by atoms with Crippen LogP contribution in [0.5, 0.6) is 0 Å². The topological polar surface area (TPSA) is 96.6 Å². The molecular weight excluding hydrogens is 426 g/mol. The number of nitrogens with one attached hydrogen (secondary N) is 2. The van der Waals surface area contributed by atoms with E-state index < -0.39 is 12.1 Å². The van der Waals surface area contributed by atoms with Crippen LogP contribution in [0.25, 0.3) is 11.1 Å². The van der Waals surface area contributed by atoms with Crippen molar-refractivity contribution in [3.05, 3.63) is 52.5 Å². The Morgan fingerprint density at radius 1 is 1.25 bits per heavy atom. The fourth-order valence-electron chi connectivity index (χ4n) is 4.10. The lowest BCUT2D eigenvalue weighted by Gasteiger charge is -2.30. The van der Waals surface area contributed by atoms with Crippen LogP contribution in [0.2, 0.25) is 0 Å². The third-order valence-corrected chi connectivity index (χ3v) is 6.73. The van der Waals surface area contributed by atoms with Crippen molar-refractivity contribution in [2.24, 2.45) is 0 Å². The summed E-state index contributed by atoms with van der Waals surface area (Å²) in [6, 6.07) is 10.8. The minimum absolute atomic E-state index is 0.112. The SMILES string of the molecule is CCC[C@H](NC(=O)C(Cc1cccs1)NC1CCOCC1)C(O)c1nc2ccccc2o1. The summed E-state index contributed by atoms with van der Waals surface area (Å²) in [5.41, 5.74) is 1.32. The second kappa shape index (κ2) is 11.0. The largest absolute Gasteiger partial charge is 0.438 e. The molecule has 0 aliphatic carbocycles. The Morgan fingerprint density at radius 3 is 2.78 bits per heavy atom. The van der Waals surface area contributed by atoms with E-state index in [0.29, 0.717) is 37.2 Å². The van der Waals surface area contributed by atoms with Crippen LogP contribution in [-0.4, -0.2) is 47.3 Å². The van der Waals surface area contributed by atoms with E-state index >= 15 is 0 Å². The molecule has 1 saturated heterocycles. The van der Waals surface area contributed by atoms with Gasteiger partial charge >= 0.3 is 0 Å². The van der Waals surface area contributed by atoms with Crippen molar-refractivity contribution in [1.29, 1.82) is 0 Å². The van der Waals surface area contributed by atoms with E-state index in [9.17, 15) is 9.90 Å². The molecule has 3 heterocycles. The highest BCUT2D eigenvalue weighted by Gasteiger charge is 2.30. The zero-order chi connectivity index (χ0) is 22.3. The summed E-state index contributed by atoms with van der Waals surface area (Å²) >= 11 is 1.65. The number of benzene rings is 1. The highest BCUT2D eigenvalue weighted by Crippen LogP contribution is 2.24. The molecular formula is C24H31N3O4S. The number of ether oxygens (including phenoxy) is 1. The molecule has 1 aliphatic heterocycles. The van der Waals surface area contributed by atoms with Gasteiger partial charge in [0, 0.05) is 30.6 Å². The zero-order valence-electron chi connectivity index (χ0n) is 18.3. The number of fused-ring (bicyclic) bond motifs is 1. The number of oxazole rings is 1. The van der Waals surface area contributed by atoms with Gasteiger partial charge in [0.15, 0.2) is 11.7 Å². The van der Waals surface area contributed by atoms with Gasteiger partial charge in [-0.2, -0.15) is 0 Å². The number of para-hydroxylation sites is 2. The van der Waals surface area contributed by atoms with Gasteiger partial charge in [-0.15, -0.1) is 11.3 Å². The maximum absolute atomic E-state index is 13.4. The molecule has 1 amide bonds. The number of carbonyl (C=O) groups excluding carboxylic acids is 1. The number of hydrogen-bond donors (Lipinski definition) is 3. The lowest BCUT2D eigenvalue weighted by molar-refractivity contribution is -0.125. The highest BCUT2D eigenvalue weighted by molar-refractivity contribution is 7.09. The van der Waals surface area contributed by atoms with Crippen molar-refractivity contribution in [1.82, 2.24) is 15.6 Å². The third kappa shape index (κ3) is 5.75. The summed E-state index contributed by atoms with van der Waals surface area (Å²) in [5, 5.41) is 19.7. The second-order valence-corrected chi connectivity index (χ2v) is 9.29. The van der Waals surface area contributed by atoms with Crippen molar-refractivity contribution < 1.29 is 19.1 Å². The van der Waals surface area contributed by atoms with Crippen LogP contribution in [0.4, 0.5) is 0 Å². The molecule has 4 rings (SSSR count). The number of aliphatic hydroxyl groups excluding tert-OH is 1. The third-order valence-electron chi connectivity index (χ3n) is 5.83. The van der Waals surface area contributed by atoms with Gasteiger partial charge in [-0.25, -0.2) is 4.98 Å². The number of aromatic nitrogens is 1. The maximum atomic E-state index is 13.4. The number of aliphatic hydroxyl groups is 1. The minimum Gasteiger partial charge on any atom is -0.438 e. The van der Waals surface area contributed by atoms with Gasteiger partial charge < -0.3 is 24.9 Å². The Labute approximate surface area is 192 Å². The standard InChI is InChI=1S/C24H31N3O4S/c1-2-6-19(22(28)24-27-18-8-3-4-9-21(18)31-24)26-23(29)20(15-17-7-5-14-32-17)25-16-10-12-30-13-11-16/h3-5,7-9,14,16,19-20,22,25,28H,2,6,10-13,15H2,1H3,(H,26,29)/t19-,20?,22?/m0/s1.